The summed E-state index contributed by atoms with van der Waals surface area (Å²) in [4.78, 5) is 3.23. The van der Waals surface area contributed by atoms with Crippen molar-refractivity contribution >= 4 is 27.5 Å². The molecule has 6 heteroatoms. The summed E-state index contributed by atoms with van der Waals surface area (Å²) < 4.78 is 36.4. The smallest absolute Gasteiger partial charge is 0.235 e. The van der Waals surface area contributed by atoms with Crippen molar-refractivity contribution < 1.29 is 13.2 Å². The number of nitrogens with zero attached hydrogens (tertiary/aromatic N) is 1. The topological polar surface area (TPSA) is 12.9 Å². The second kappa shape index (κ2) is 3.62. The molecule has 0 atom stereocenters. The van der Waals surface area contributed by atoms with Crippen LogP contribution in [0.2, 0.25) is 5.02 Å². The second-order valence-electron chi connectivity index (χ2n) is 1.93. The van der Waals surface area contributed by atoms with E-state index in [9.17, 15) is 13.2 Å². The van der Waals surface area contributed by atoms with E-state index in [1.54, 1.807) is 0 Å². The molecule has 0 radical (unpaired) electrons. The Morgan fingerprint density at radius 2 is 2.08 bits per heavy atom. The minimum absolute atomic E-state index is 0.262. The third-order valence-electron chi connectivity index (χ3n) is 1.12. The Balaban J connectivity index is 3.23. The Morgan fingerprint density at radius 1 is 1.50 bits per heavy atom. The number of hydrogen-bond acceptors (Lipinski definition) is 1. The van der Waals surface area contributed by atoms with Gasteiger partial charge in [0.1, 0.15) is 10.3 Å². The highest BCUT2D eigenvalue weighted by atomic mass is 79.9. The molecule has 0 spiro atoms. The third kappa shape index (κ3) is 1.90. The highest BCUT2D eigenvalue weighted by Crippen LogP contribution is 2.28. The lowest BCUT2D eigenvalue weighted by Crippen LogP contribution is -1.94. The molecule has 0 aromatic carbocycles. The van der Waals surface area contributed by atoms with Crippen molar-refractivity contribution in [1.29, 1.82) is 0 Å². The molecule has 1 aromatic rings. The SMILES string of the molecule is Fc1cc(Cl)c(C(F)F)nc1Br. The molecule has 1 nitrogen and oxygen atoms in total. The molecule has 66 valence electrons. The van der Waals surface area contributed by atoms with Crippen LogP contribution in [0.5, 0.6) is 0 Å². The molecule has 0 aliphatic heterocycles. The molecular formula is C6H2BrClF3N. The van der Waals surface area contributed by atoms with Crippen LogP contribution in [0.3, 0.4) is 0 Å². The Bertz CT molecular complexity index is 305. The molecule has 0 unspecified atom stereocenters. The number of halogens is 5. The fraction of sp³-hybridized carbons (Fsp3) is 0.167. The monoisotopic (exact) mass is 259 g/mol. The van der Waals surface area contributed by atoms with Crippen molar-refractivity contribution in [3.63, 3.8) is 0 Å². The lowest BCUT2D eigenvalue weighted by Gasteiger charge is -2.02. The average Bonchev–Trinajstić information content (AvgIpc) is 1.96. The number of pyridine rings is 1. The summed E-state index contributed by atoms with van der Waals surface area (Å²) in [6.45, 7) is 0. The molecule has 0 saturated heterocycles. The lowest BCUT2D eigenvalue weighted by atomic mass is 10.3. The summed E-state index contributed by atoms with van der Waals surface area (Å²) >= 11 is 7.96. The summed E-state index contributed by atoms with van der Waals surface area (Å²) in [6, 6.07) is 0.792. The first-order valence-electron chi connectivity index (χ1n) is 2.82. The molecule has 1 aromatic heterocycles. The van der Waals surface area contributed by atoms with Crippen molar-refractivity contribution in [2.45, 2.75) is 6.43 Å². The molecule has 0 bridgehead atoms. The number of alkyl halides is 2. The van der Waals surface area contributed by atoms with Crippen LogP contribution in [-0.4, -0.2) is 4.98 Å². The maximum absolute atomic E-state index is 12.6. The molecule has 12 heavy (non-hydrogen) atoms. The summed E-state index contributed by atoms with van der Waals surface area (Å²) in [6.07, 6.45) is -2.80. The van der Waals surface area contributed by atoms with E-state index in [-0.39, 0.29) is 9.63 Å². The predicted molar refractivity (Wildman–Crippen MR) is 41.9 cm³/mol. The standard InChI is InChI=1S/C6H2BrClF3N/c7-5-3(9)1-2(8)4(12-5)6(10)11/h1,6H. The van der Waals surface area contributed by atoms with Gasteiger partial charge in [0.05, 0.1) is 5.02 Å². The van der Waals surface area contributed by atoms with Gasteiger partial charge in [0, 0.05) is 0 Å². The highest BCUT2D eigenvalue weighted by Gasteiger charge is 2.16. The van der Waals surface area contributed by atoms with Crippen LogP contribution in [0.4, 0.5) is 13.2 Å². The largest absolute Gasteiger partial charge is 0.281 e. The predicted octanol–water partition coefficient (Wildman–Crippen LogP) is 3.57. The zero-order valence-corrected chi connectivity index (χ0v) is 7.83. The maximum atomic E-state index is 12.6. The van der Waals surface area contributed by atoms with Gasteiger partial charge in [0.25, 0.3) is 6.43 Å². The normalized spacial score (nSPS) is 10.8. The average molecular weight is 260 g/mol. The van der Waals surface area contributed by atoms with E-state index in [1.165, 1.54) is 0 Å². The van der Waals surface area contributed by atoms with Gasteiger partial charge in [0.2, 0.25) is 0 Å². The van der Waals surface area contributed by atoms with Crippen molar-refractivity contribution in [2.24, 2.45) is 0 Å². The van der Waals surface area contributed by atoms with Gasteiger partial charge in [0.15, 0.2) is 5.82 Å². The van der Waals surface area contributed by atoms with Crippen molar-refractivity contribution in [1.82, 2.24) is 4.98 Å². The zero-order valence-electron chi connectivity index (χ0n) is 5.49. The minimum Gasteiger partial charge on any atom is -0.235 e. The van der Waals surface area contributed by atoms with Crippen LogP contribution in [0.25, 0.3) is 0 Å². The molecule has 0 aliphatic carbocycles. The van der Waals surface area contributed by atoms with Crippen molar-refractivity contribution in [3.8, 4) is 0 Å². The van der Waals surface area contributed by atoms with Gasteiger partial charge in [-0.1, -0.05) is 11.6 Å². The molecule has 0 fully saturated rings. The van der Waals surface area contributed by atoms with Gasteiger partial charge >= 0.3 is 0 Å². The van der Waals surface area contributed by atoms with E-state index in [0.717, 1.165) is 6.07 Å². The Hall–Kier alpha value is -0.290. The Labute approximate surface area is 79.7 Å². The van der Waals surface area contributed by atoms with Gasteiger partial charge in [-0.15, -0.1) is 0 Å². The van der Waals surface area contributed by atoms with Crippen LogP contribution in [-0.2, 0) is 0 Å². The van der Waals surface area contributed by atoms with Crippen LogP contribution >= 0.6 is 27.5 Å². The minimum atomic E-state index is -2.80. The van der Waals surface area contributed by atoms with Crippen LogP contribution in [0, 0.1) is 5.82 Å². The summed E-state index contributed by atoms with van der Waals surface area (Å²) in [5.41, 5.74) is -0.620. The number of aromatic nitrogens is 1. The van der Waals surface area contributed by atoms with E-state index in [2.05, 4.69) is 20.9 Å². The summed E-state index contributed by atoms with van der Waals surface area (Å²) in [5.74, 6) is -0.760. The molecule has 0 aliphatic rings. The van der Waals surface area contributed by atoms with E-state index >= 15 is 0 Å². The summed E-state index contributed by atoms with van der Waals surface area (Å²) in [5, 5.41) is -0.370. The fourth-order valence-corrected chi connectivity index (χ4v) is 1.14. The van der Waals surface area contributed by atoms with Gasteiger partial charge in [-0.2, -0.15) is 0 Å². The highest BCUT2D eigenvalue weighted by molar-refractivity contribution is 9.10. The van der Waals surface area contributed by atoms with Gasteiger partial charge < -0.3 is 0 Å². The van der Waals surface area contributed by atoms with Gasteiger partial charge in [-0.05, 0) is 22.0 Å². The van der Waals surface area contributed by atoms with E-state index in [4.69, 9.17) is 11.6 Å². The van der Waals surface area contributed by atoms with E-state index in [1.807, 2.05) is 0 Å². The quantitative estimate of drug-likeness (QED) is 0.703. The van der Waals surface area contributed by atoms with E-state index in [0.29, 0.717) is 0 Å². The first-order chi connectivity index (χ1) is 5.52. The number of rotatable bonds is 1. The lowest BCUT2D eigenvalue weighted by molar-refractivity contribution is 0.146. The molecule has 1 rings (SSSR count). The first kappa shape index (κ1) is 9.80. The number of hydrogen-bond donors (Lipinski definition) is 0. The molecule has 0 amide bonds. The maximum Gasteiger partial charge on any atom is 0.281 e. The van der Waals surface area contributed by atoms with Crippen LogP contribution in [0.1, 0.15) is 12.1 Å². The zero-order chi connectivity index (χ0) is 9.30. The molecule has 1 heterocycles. The van der Waals surface area contributed by atoms with Crippen LogP contribution < -0.4 is 0 Å². The molecule has 0 N–H and O–H groups in total. The Kier molecular flexibility index (Phi) is 2.95. The van der Waals surface area contributed by atoms with E-state index < -0.39 is 17.9 Å². The first-order valence-corrected chi connectivity index (χ1v) is 3.99. The van der Waals surface area contributed by atoms with Crippen LogP contribution in [0.15, 0.2) is 10.7 Å². The van der Waals surface area contributed by atoms with Crippen molar-refractivity contribution in [2.75, 3.05) is 0 Å². The second-order valence-corrected chi connectivity index (χ2v) is 3.09. The third-order valence-corrected chi connectivity index (χ3v) is 1.98. The molecular weight excluding hydrogens is 258 g/mol. The molecule has 0 saturated carbocycles. The summed E-state index contributed by atoms with van der Waals surface area (Å²) in [7, 11) is 0. The van der Waals surface area contributed by atoms with Gasteiger partial charge in [-0.3, -0.25) is 0 Å². The van der Waals surface area contributed by atoms with Crippen molar-refractivity contribution in [3.05, 3.63) is 27.2 Å². The van der Waals surface area contributed by atoms with Gasteiger partial charge in [-0.25, -0.2) is 18.2 Å². The fourth-order valence-electron chi connectivity index (χ4n) is 0.610. The Morgan fingerprint density at radius 3 is 2.58 bits per heavy atom.